The summed E-state index contributed by atoms with van der Waals surface area (Å²) < 4.78 is 5.13. The van der Waals surface area contributed by atoms with Gasteiger partial charge in [0.15, 0.2) is 0 Å². The van der Waals surface area contributed by atoms with E-state index in [1.54, 1.807) is 0 Å². The van der Waals surface area contributed by atoms with Crippen molar-refractivity contribution in [3.8, 4) is 6.07 Å². The fraction of sp³-hybridized carbons (Fsp3) is 0.286. The first-order valence-electron chi connectivity index (χ1n) is 5.73. The Morgan fingerprint density at radius 2 is 2.06 bits per heavy atom. The lowest BCUT2D eigenvalue weighted by molar-refractivity contribution is 0.280. The highest BCUT2D eigenvalue weighted by atomic mass is 16.5. The molecule has 1 aromatic rings. The number of aliphatic imine (C=N–C) groups is 1. The van der Waals surface area contributed by atoms with Crippen LogP contribution < -0.4 is 5.73 Å². The number of ether oxygens (including phenoxy) is 1. The number of nitrogens with two attached hydrogens (primary N) is 1. The van der Waals surface area contributed by atoms with Crippen molar-refractivity contribution >= 4 is 5.84 Å². The summed E-state index contributed by atoms with van der Waals surface area (Å²) in [6, 6.07) is 10.3. The van der Waals surface area contributed by atoms with Crippen LogP contribution in [0.15, 0.2) is 40.7 Å². The van der Waals surface area contributed by atoms with E-state index in [-0.39, 0.29) is 5.92 Å². The molecule has 1 aliphatic heterocycles. The zero-order valence-corrected chi connectivity index (χ0v) is 10.5. The Balaban J connectivity index is 2.45. The average Bonchev–Trinajstić information content (AvgIpc) is 2.38. The number of aryl methyl sites for hydroxylation is 1. The SMILES string of the molecule is COC1=C(C#N)C(c2ccc(C)cc2)CC(N)=N1. The number of rotatable bonds is 2. The molecular formula is C14H15N3O. The standard InChI is InChI=1S/C14H15N3O/c1-9-3-5-10(6-4-9)11-7-13(16)17-14(18-2)12(11)8-15/h3-6,11H,7H2,1-2H3,(H2,16,17). The van der Waals surface area contributed by atoms with E-state index in [1.807, 2.05) is 31.2 Å². The number of amidine groups is 1. The minimum absolute atomic E-state index is 0.0666. The molecule has 92 valence electrons. The van der Waals surface area contributed by atoms with Crippen molar-refractivity contribution in [2.24, 2.45) is 10.7 Å². The maximum Gasteiger partial charge on any atom is 0.229 e. The summed E-state index contributed by atoms with van der Waals surface area (Å²) >= 11 is 0. The fourth-order valence-electron chi connectivity index (χ4n) is 2.06. The van der Waals surface area contributed by atoms with Crippen LogP contribution in [0.1, 0.15) is 23.5 Å². The van der Waals surface area contributed by atoms with Crippen LogP contribution >= 0.6 is 0 Å². The maximum atomic E-state index is 9.27. The molecule has 0 saturated heterocycles. The van der Waals surface area contributed by atoms with Gasteiger partial charge in [-0.3, -0.25) is 0 Å². The molecule has 2 N–H and O–H groups in total. The molecule has 18 heavy (non-hydrogen) atoms. The molecule has 0 saturated carbocycles. The highest BCUT2D eigenvalue weighted by Crippen LogP contribution is 2.33. The fourth-order valence-corrected chi connectivity index (χ4v) is 2.06. The third kappa shape index (κ3) is 2.21. The van der Waals surface area contributed by atoms with Gasteiger partial charge in [0.05, 0.1) is 12.7 Å². The van der Waals surface area contributed by atoms with Gasteiger partial charge in [-0.05, 0) is 12.5 Å². The minimum atomic E-state index is -0.0666. The van der Waals surface area contributed by atoms with Crippen molar-refractivity contribution in [1.29, 1.82) is 5.26 Å². The summed E-state index contributed by atoms with van der Waals surface area (Å²) in [7, 11) is 1.50. The number of methoxy groups -OCH3 is 1. The van der Waals surface area contributed by atoms with Gasteiger partial charge in [0.2, 0.25) is 5.88 Å². The molecule has 0 radical (unpaired) electrons. The molecule has 1 heterocycles. The predicted molar refractivity (Wildman–Crippen MR) is 69.8 cm³/mol. The molecule has 0 aliphatic carbocycles. The van der Waals surface area contributed by atoms with Crippen molar-refractivity contribution in [3.63, 3.8) is 0 Å². The molecule has 1 aromatic carbocycles. The van der Waals surface area contributed by atoms with Crippen molar-refractivity contribution < 1.29 is 4.74 Å². The predicted octanol–water partition coefficient (Wildman–Crippen LogP) is 2.22. The molecular weight excluding hydrogens is 226 g/mol. The van der Waals surface area contributed by atoms with Gasteiger partial charge < -0.3 is 10.5 Å². The number of hydrogen-bond donors (Lipinski definition) is 1. The van der Waals surface area contributed by atoms with Gasteiger partial charge >= 0.3 is 0 Å². The number of allylic oxidation sites excluding steroid dienone is 1. The molecule has 0 amide bonds. The highest BCUT2D eigenvalue weighted by molar-refractivity contribution is 5.84. The third-order valence-electron chi connectivity index (χ3n) is 3.03. The summed E-state index contributed by atoms with van der Waals surface area (Å²) in [6.45, 7) is 2.03. The van der Waals surface area contributed by atoms with E-state index in [9.17, 15) is 5.26 Å². The van der Waals surface area contributed by atoms with Crippen LogP contribution in [0.5, 0.6) is 0 Å². The van der Waals surface area contributed by atoms with Crippen molar-refractivity contribution in [2.45, 2.75) is 19.3 Å². The van der Waals surface area contributed by atoms with E-state index in [0.717, 1.165) is 5.56 Å². The smallest absolute Gasteiger partial charge is 0.229 e. The number of nitrogens with zero attached hydrogens (tertiary/aromatic N) is 2. The Labute approximate surface area is 106 Å². The van der Waals surface area contributed by atoms with E-state index in [2.05, 4.69) is 11.1 Å². The van der Waals surface area contributed by atoms with Crippen molar-refractivity contribution in [2.75, 3.05) is 7.11 Å². The zero-order chi connectivity index (χ0) is 13.1. The maximum absolute atomic E-state index is 9.27. The van der Waals surface area contributed by atoms with Gasteiger partial charge in [-0.15, -0.1) is 0 Å². The van der Waals surface area contributed by atoms with E-state index < -0.39 is 0 Å². The van der Waals surface area contributed by atoms with Crippen LogP contribution in [-0.2, 0) is 4.74 Å². The first kappa shape index (κ1) is 12.2. The Morgan fingerprint density at radius 3 is 2.61 bits per heavy atom. The second-order valence-electron chi connectivity index (χ2n) is 4.31. The Hall–Kier alpha value is -2.28. The molecule has 0 aromatic heterocycles. The van der Waals surface area contributed by atoms with Gasteiger partial charge in [0, 0.05) is 12.3 Å². The van der Waals surface area contributed by atoms with Gasteiger partial charge in [-0.2, -0.15) is 5.26 Å². The normalized spacial score (nSPS) is 19.2. The van der Waals surface area contributed by atoms with E-state index in [0.29, 0.717) is 23.7 Å². The van der Waals surface area contributed by atoms with Crippen LogP contribution in [0.2, 0.25) is 0 Å². The summed E-state index contributed by atoms with van der Waals surface area (Å²) in [6.07, 6.45) is 0.554. The van der Waals surface area contributed by atoms with Crippen LogP contribution in [0.4, 0.5) is 0 Å². The summed E-state index contributed by atoms with van der Waals surface area (Å²) in [4.78, 5) is 4.08. The third-order valence-corrected chi connectivity index (χ3v) is 3.03. The zero-order valence-electron chi connectivity index (χ0n) is 10.5. The van der Waals surface area contributed by atoms with Crippen molar-refractivity contribution in [1.82, 2.24) is 0 Å². The first-order valence-corrected chi connectivity index (χ1v) is 5.73. The Bertz CT molecular complexity index is 549. The second kappa shape index (κ2) is 4.92. The minimum Gasteiger partial charge on any atom is -0.480 e. The van der Waals surface area contributed by atoms with E-state index in [4.69, 9.17) is 10.5 Å². The molecule has 4 heteroatoms. The second-order valence-corrected chi connectivity index (χ2v) is 4.31. The first-order chi connectivity index (χ1) is 8.65. The Morgan fingerprint density at radius 1 is 1.39 bits per heavy atom. The molecule has 1 atom stereocenters. The molecule has 2 rings (SSSR count). The van der Waals surface area contributed by atoms with Gasteiger partial charge in [0.25, 0.3) is 0 Å². The van der Waals surface area contributed by atoms with Crippen LogP contribution in [-0.4, -0.2) is 12.9 Å². The number of hydrogen-bond acceptors (Lipinski definition) is 4. The largest absolute Gasteiger partial charge is 0.480 e. The molecule has 1 aliphatic rings. The summed E-state index contributed by atoms with van der Waals surface area (Å²) in [5.74, 6) is 0.756. The van der Waals surface area contributed by atoms with E-state index >= 15 is 0 Å². The van der Waals surface area contributed by atoms with Crippen LogP contribution in [0.25, 0.3) is 0 Å². The lowest BCUT2D eigenvalue weighted by Crippen LogP contribution is -2.22. The lowest BCUT2D eigenvalue weighted by atomic mass is 9.87. The quantitative estimate of drug-likeness (QED) is 0.862. The molecule has 0 fully saturated rings. The van der Waals surface area contributed by atoms with Gasteiger partial charge in [-0.25, -0.2) is 4.99 Å². The monoisotopic (exact) mass is 241 g/mol. The summed E-state index contributed by atoms with van der Waals surface area (Å²) in [5, 5.41) is 9.27. The average molecular weight is 241 g/mol. The number of benzene rings is 1. The van der Waals surface area contributed by atoms with Gasteiger partial charge in [-0.1, -0.05) is 29.8 Å². The Kier molecular flexibility index (Phi) is 3.33. The van der Waals surface area contributed by atoms with Crippen molar-refractivity contribution in [3.05, 3.63) is 46.8 Å². The molecule has 4 nitrogen and oxygen atoms in total. The molecule has 0 spiro atoms. The van der Waals surface area contributed by atoms with E-state index in [1.165, 1.54) is 12.7 Å². The highest BCUT2D eigenvalue weighted by Gasteiger charge is 2.26. The summed E-state index contributed by atoms with van der Waals surface area (Å²) in [5.41, 5.74) is 8.58. The lowest BCUT2D eigenvalue weighted by Gasteiger charge is -2.21. The van der Waals surface area contributed by atoms with Crippen LogP contribution in [0.3, 0.4) is 0 Å². The number of nitriles is 1. The van der Waals surface area contributed by atoms with Gasteiger partial charge in [0.1, 0.15) is 11.9 Å². The van der Waals surface area contributed by atoms with Crippen LogP contribution in [0, 0.1) is 18.3 Å². The molecule has 1 unspecified atom stereocenters. The topological polar surface area (TPSA) is 71.4 Å². The molecule has 0 bridgehead atoms.